The van der Waals surface area contributed by atoms with Crippen LogP contribution >= 0.6 is 23.2 Å². The van der Waals surface area contributed by atoms with E-state index < -0.39 is 4.92 Å². The van der Waals surface area contributed by atoms with Gasteiger partial charge in [0.1, 0.15) is 0 Å². The Labute approximate surface area is 133 Å². The topological polar surface area (TPSA) is 72.4 Å². The molecule has 3 unspecified atom stereocenters. The van der Waals surface area contributed by atoms with E-state index in [1.807, 2.05) is 0 Å². The second kappa shape index (κ2) is 5.63. The van der Waals surface area contributed by atoms with Crippen LogP contribution in [0.25, 0.3) is 0 Å². The molecule has 1 saturated heterocycles. The number of fused-ring (bicyclic) bond motifs is 1. The molecule has 0 spiro atoms. The Morgan fingerprint density at radius 3 is 2.48 bits per heavy atom. The molecule has 2 fully saturated rings. The number of nitrogens with zero attached hydrogens (tertiary/aromatic N) is 2. The van der Waals surface area contributed by atoms with Crippen molar-refractivity contribution < 1.29 is 4.92 Å². The van der Waals surface area contributed by atoms with Crippen LogP contribution in [0, 0.1) is 22.0 Å². The van der Waals surface area contributed by atoms with Gasteiger partial charge < -0.3 is 10.6 Å². The van der Waals surface area contributed by atoms with Crippen molar-refractivity contribution in [3.8, 4) is 0 Å². The lowest BCUT2D eigenvalue weighted by molar-refractivity contribution is -0.384. The summed E-state index contributed by atoms with van der Waals surface area (Å²) in [6.45, 7) is 1.69. The first-order valence-corrected chi connectivity index (χ1v) is 7.87. The van der Waals surface area contributed by atoms with Gasteiger partial charge in [-0.1, -0.05) is 29.6 Å². The van der Waals surface area contributed by atoms with Gasteiger partial charge in [0, 0.05) is 31.3 Å². The molecule has 1 aromatic carbocycles. The van der Waals surface area contributed by atoms with E-state index in [1.165, 1.54) is 18.6 Å². The molecule has 0 bridgehead atoms. The van der Waals surface area contributed by atoms with Gasteiger partial charge in [0.15, 0.2) is 0 Å². The van der Waals surface area contributed by atoms with E-state index in [1.54, 1.807) is 0 Å². The van der Waals surface area contributed by atoms with Gasteiger partial charge >= 0.3 is 0 Å². The number of nitrogens with two attached hydrogens (primary N) is 1. The zero-order valence-electron chi connectivity index (χ0n) is 11.5. The number of anilines is 1. The summed E-state index contributed by atoms with van der Waals surface area (Å²) in [6, 6.07) is 2.96. The van der Waals surface area contributed by atoms with E-state index in [2.05, 4.69) is 4.90 Å². The predicted molar refractivity (Wildman–Crippen MR) is 84.1 cm³/mol. The van der Waals surface area contributed by atoms with Crippen LogP contribution in [0.15, 0.2) is 12.1 Å². The molecule has 2 N–H and O–H groups in total. The van der Waals surface area contributed by atoms with Crippen LogP contribution in [0.1, 0.15) is 19.3 Å². The van der Waals surface area contributed by atoms with Crippen molar-refractivity contribution in [2.45, 2.75) is 25.3 Å². The molecular formula is C14H17Cl2N3O2. The molecule has 1 aromatic rings. The fraction of sp³-hybridized carbons (Fsp3) is 0.571. The van der Waals surface area contributed by atoms with Crippen LogP contribution in [0.4, 0.5) is 11.4 Å². The van der Waals surface area contributed by atoms with Crippen molar-refractivity contribution in [1.29, 1.82) is 0 Å². The zero-order chi connectivity index (χ0) is 15.1. The van der Waals surface area contributed by atoms with Crippen molar-refractivity contribution in [2.24, 2.45) is 17.6 Å². The number of halogens is 2. The van der Waals surface area contributed by atoms with Gasteiger partial charge in [0.05, 0.1) is 20.7 Å². The lowest BCUT2D eigenvalue weighted by atomic mass is 9.78. The van der Waals surface area contributed by atoms with Crippen LogP contribution in [0.2, 0.25) is 10.0 Å². The Hall–Kier alpha value is -1.04. The fourth-order valence-corrected chi connectivity index (χ4v) is 4.37. The van der Waals surface area contributed by atoms with Crippen LogP contribution in [-0.4, -0.2) is 24.1 Å². The molecule has 21 heavy (non-hydrogen) atoms. The van der Waals surface area contributed by atoms with Crippen molar-refractivity contribution >= 4 is 34.6 Å². The number of non-ortho nitro benzene ring substituents is 1. The van der Waals surface area contributed by atoms with Crippen molar-refractivity contribution in [1.82, 2.24) is 0 Å². The van der Waals surface area contributed by atoms with E-state index >= 15 is 0 Å². The number of nitro benzene ring substituents is 1. The highest BCUT2D eigenvalue weighted by atomic mass is 35.5. The molecule has 1 saturated carbocycles. The molecule has 3 rings (SSSR count). The summed E-state index contributed by atoms with van der Waals surface area (Å²) >= 11 is 12.5. The molecule has 0 amide bonds. The van der Waals surface area contributed by atoms with E-state index in [0.29, 0.717) is 27.6 Å². The summed E-state index contributed by atoms with van der Waals surface area (Å²) in [4.78, 5) is 12.5. The second-order valence-electron chi connectivity index (χ2n) is 5.94. The maximum atomic E-state index is 10.8. The molecule has 7 heteroatoms. The molecule has 114 valence electrons. The van der Waals surface area contributed by atoms with Crippen molar-refractivity contribution in [3.05, 3.63) is 32.3 Å². The van der Waals surface area contributed by atoms with E-state index in [-0.39, 0.29) is 11.7 Å². The Morgan fingerprint density at radius 2 is 1.90 bits per heavy atom. The molecule has 1 heterocycles. The Kier molecular flexibility index (Phi) is 3.99. The number of hydrogen-bond acceptors (Lipinski definition) is 4. The highest BCUT2D eigenvalue weighted by Gasteiger charge is 2.39. The van der Waals surface area contributed by atoms with Crippen LogP contribution < -0.4 is 10.6 Å². The maximum Gasteiger partial charge on any atom is 0.272 e. The minimum Gasteiger partial charge on any atom is -0.368 e. The number of hydrogen-bond donors (Lipinski definition) is 1. The molecule has 1 aliphatic carbocycles. The normalized spacial score (nSPS) is 28.5. The number of benzene rings is 1. The summed E-state index contributed by atoms with van der Waals surface area (Å²) in [6.07, 6.45) is 3.41. The molecule has 1 aliphatic heterocycles. The van der Waals surface area contributed by atoms with Crippen molar-refractivity contribution in [2.75, 3.05) is 18.0 Å². The average molecular weight is 330 g/mol. The van der Waals surface area contributed by atoms with Crippen LogP contribution in [0.5, 0.6) is 0 Å². The van der Waals surface area contributed by atoms with Gasteiger partial charge in [-0.25, -0.2) is 0 Å². The molecule has 3 atom stereocenters. The first-order chi connectivity index (χ1) is 9.97. The predicted octanol–water partition coefficient (Wildman–Crippen LogP) is 3.47. The Balaban J connectivity index is 1.90. The third kappa shape index (κ3) is 2.70. The Bertz CT molecular complexity index is 558. The molecule has 0 radical (unpaired) electrons. The Morgan fingerprint density at radius 1 is 1.24 bits per heavy atom. The first-order valence-electron chi connectivity index (χ1n) is 7.11. The molecule has 5 nitrogen and oxygen atoms in total. The number of nitro groups is 1. The molecular weight excluding hydrogens is 313 g/mol. The lowest BCUT2D eigenvalue weighted by Gasteiger charge is -2.29. The van der Waals surface area contributed by atoms with Gasteiger partial charge in [0.25, 0.3) is 5.69 Å². The van der Waals surface area contributed by atoms with Gasteiger partial charge in [-0.05, 0) is 24.7 Å². The van der Waals surface area contributed by atoms with Gasteiger partial charge in [-0.3, -0.25) is 10.1 Å². The van der Waals surface area contributed by atoms with E-state index in [4.69, 9.17) is 28.9 Å². The monoisotopic (exact) mass is 329 g/mol. The minimum absolute atomic E-state index is 0.0814. The molecule has 2 aliphatic rings. The minimum atomic E-state index is -0.485. The standard InChI is InChI=1S/C14H17Cl2N3O2/c15-11-4-9(19(20)21)5-12(16)14(11)18-6-8-2-1-3-13(17)10(8)7-18/h4-5,8,10,13H,1-3,6-7,17H2. The average Bonchev–Trinajstić information content (AvgIpc) is 2.82. The summed E-state index contributed by atoms with van der Waals surface area (Å²) in [7, 11) is 0. The van der Waals surface area contributed by atoms with Crippen LogP contribution in [-0.2, 0) is 0 Å². The highest BCUT2D eigenvalue weighted by Crippen LogP contribution is 2.43. The maximum absolute atomic E-state index is 10.8. The SMILES string of the molecule is NC1CCCC2CN(c3c(Cl)cc([N+](=O)[O-])cc3Cl)CC12. The highest BCUT2D eigenvalue weighted by molar-refractivity contribution is 6.39. The summed E-state index contributed by atoms with van der Waals surface area (Å²) in [5.74, 6) is 1.03. The fourth-order valence-electron chi connectivity index (χ4n) is 3.66. The summed E-state index contributed by atoms with van der Waals surface area (Å²) in [5, 5.41) is 11.5. The quantitative estimate of drug-likeness (QED) is 0.666. The molecule has 0 aromatic heterocycles. The first kappa shape index (κ1) is 14.9. The van der Waals surface area contributed by atoms with Gasteiger partial charge in [-0.15, -0.1) is 0 Å². The van der Waals surface area contributed by atoms with Crippen molar-refractivity contribution in [3.63, 3.8) is 0 Å². The zero-order valence-corrected chi connectivity index (χ0v) is 13.0. The van der Waals surface area contributed by atoms with E-state index in [9.17, 15) is 10.1 Å². The lowest BCUT2D eigenvalue weighted by Crippen LogP contribution is -2.38. The summed E-state index contributed by atoms with van der Waals surface area (Å²) < 4.78 is 0. The van der Waals surface area contributed by atoms with Gasteiger partial charge in [0.2, 0.25) is 0 Å². The third-order valence-electron chi connectivity index (χ3n) is 4.68. The smallest absolute Gasteiger partial charge is 0.272 e. The largest absolute Gasteiger partial charge is 0.368 e. The summed E-state index contributed by atoms with van der Waals surface area (Å²) in [5.41, 5.74) is 6.84. The van der Waals surface area contributed by atoms with E-state index in [0.717, 1.165) is 25.9 Å². The number of rotatable bonds is 2. The third-order valence-corrected chi connectivity index (χ3v) is 5.26. The van der Waals surface area contributed by atoms with Crippen LogP contribution in [0.3, 0.4) is 0 Å². The van der Waals surface area contributed by atoms with Gasteiger partial charge in [-0.2, -0.15) is 0 Å². The second-order valence-corrected chi connectivity index (χ2v) is 6.75.